The molecule has 0 saturated carbocycles. The van der Waals surface area contributed by atoms with Gasteiger partial charge in [0.2, 0.25) is 5.91 Å². The highest BCUT2D eigenvalue weighted by Crippen LogP contribution is 2.26. The van der Waals surface area contributed by atoms with Crippen LogP contribution in [0.2, 0.25) is 0 Å². The summed E-state index contributed by atoms with van der Waals surface area (Å²) < 4.78 is 1.92. The summed E-state index contributed by atoms with van der Waals surface area (Å²) in [7, 11) is 1.91. The number of carbonyl (C=O) groups excluding carboxylic acids is 1. The molecule has 0 aliphatic carbocycles. The first-order valence-corrected chi connectivity index (χ1v) is 11.8. The topological polar surface area (TPSA) is 53.7 Å². The SMILES string of the molecule is Cc1nc2c3ccccc3nn2c(C)c1CCC(=O)N(C)Cc1ccccc1N1CCCC1. The van der Waals surface area contributed by atoms with Gasteiger partial charge in [0.15, 0.2) is 5.65 Å². The zero-order valence-corrected chi connectivity index (χ0v) is 19.7. The Morgan fingerprint density at radius 1 is 1.03 bits per heavy atom. The normalized spacial score (nSPS) is 13.8. The number of amides is 1. The summed E-state index contributed by atoms with van der Waals surface area (Å²) in [5, 5.41) is 5.79. The maximum atomic E-state index is 13.0. The maximum absolute atomic E-state index is 13.0. The number of rotatable bonds is 6. The fraction of sp³-hybridized carbons (Fsp3) is 0.370. The zero-order valence-electron chi connectivity index (χ0n) is 19.7. The van der Waals surface area contributed by atoms with Crippen molar-refractivity contribution in [1.82, 2.24) is 19.5 Å². The summed E-state index contributed by atoms with van der Waals surface area (Å²) in [6.07, 6.45) is 3.60. The van der Waals surface area contributed by atoms with Gasteiger partial charge in [-0.3, -0.25) is 4.79 Å². The van der Waals surface area contributed by atoms with Crippen LogP contribution in [0.15, 0.2) is 48.5 Å². The quantitative estimate of drug-likeness (QED) is 0.436. The van der Waals surface area contributed by atoms with Crippen molar-refractivity contribution in [1.29, 1.82) is 0 Å². The van der Waals surface area contributed by atoms with E-state index in [4.69, 9.17) is 10.1 Å². The summed E-state index contributed by atoms with van der Waals surface area (Å²) >= 11 is 0. The van der Waals surface area contributed by atoms with Crippen molar-refractivity contribution in [3.63, 3.8) is 0 Å². The molecule has 5 rings (SSSR count). The molecule has 1 fully saturated rings. The highest BCUT2D eigenvalue weighted by molar-refractivity contribution is 5.92. The minimum absolute atomic E-state index is 0.149. The fourth-order valence-electron chi connectivity index (χ4n) is 5.02. The van der Waals surface area contributed by atoms with E-state index >= 15 is 0 Å². The number of nitrogens with zero attached hydrogens (tertiary/aromatic N) is 5. The second kappa shape index (κ2) is 8.85. The van der Waals surface area contributed by atoms with Crippen LogP contribution in [0.25, 0.3) is 16.6 Å². The summed E-state index contributed by atoms with van der Waals surface area (Å²) in [6.45, 7) is 6.94. The van der Waals surface area contributed by atoms with Crippen LogP contribution >= 0.6 is 0 Å². The molecule has 0 unspecified atom stereocenters. The molecular weight excluding hydrogens is 410 g/mol. The van der Waals surface area contributed by atoms with E-state index in [1.807, 2.05) is 41.6 Å². The molecule has 0 spiro atoms. The Balaban J connectivity index is 1.32. The summed E-state index contributed by atoms with van der Waals surface area (Å²) in [5.41, 5.74) is 7.44. The first-order chi connectivity index (χ1) is 16.0. The second-order valence-electron chi connectivity index (χ2n) is 9.09. The Morgan fingerprint density at radius 3 is 2.58 bits per heavy atom. The molecule has 170 valence electrons. The van der Waals surface area contributed by atoms with Gasteiger partial charge in [0.1, 0.15) is 0 Å². The summed E-state index contributed by atoms with van der Waals surface area (Å²) in [4.78, 5) is 22.2. The lowest BCUT2D eigenvalue weighted by Crippen LogP contribution is -2.28. The van der Waals surface area contributed by atoms with E-state index in [0.717, 1.165) is 46.6 Å². The molecule has 2 aromatic heterocycles. The van der Waals surface area contributed by atoms with Gasteiger partial charge >= 0.3 is 0 Å². The van der Waals surface area contributed by atoms with Gasteiger partial charge < -0.3 is 9.80 Å². The molecule has 1 aliphatic rings. The highest BCUT2D eigenvalue weighted by atomic mass is 16.2. The van der Waals surface area contributed by atoms with E-state index in [1.54, 1.807) is 0 Å². The lowest BCUT2D eigenvalue weighted by Gasteiger charge is -2.24. The van der Waals surface area contributed by atoms with E-state index in [2.05, 4.69) is 42.2 Å². The van der Waals surface area contributed by atoms with Gasteiger partial charge in [-0.25, -0.2) is 9.50 Å². The van der Waals surface area contributed by atoms with E-state index in [0.29, 0.717) is 19.4 Å². The largest absolute Gasteiger partial charge is 0.371 e. The van der Waals surface area contributed by atoms with Crippen molar-refractivity contribution < 1.29 is 4.79 Å². The van der Waals surface area contributed by atoms with Crippen LogP contribution in [0.1, 0.15) is 41.8 Å². The van der Waals surface area contributed by atoms with Crippen molar-refractivity contribution in [2.45, 2.75) is 46.1 Å². The van der Waals surface area contributed by atoms with E-state index in [1.165, 1.54) is 24.1 Å². The van der Waals surface area contributed by atoms with Crippen LogP contribution in [0, 0.1) is 13.8 Å². The molecule has 6 nitrogen and oxygen atoms in total. The van der Waals surface area contributed by atoms with Crippen LogP contribution in [-0.2, 0) is 17.8 Å². The number of hydrogen-bond acceptors (Lipinski definition) is 4. The number of benzene rings is 2. The predicted octanol–water partition coefficient (Wildman–Crippen LogP) is 4.69. The molecule has 6 heteroatoms. The second-order valence-corrected chi connectivity index (χ2v) is 9.09. The van der Waals surface area contributed by atoms with E-state index in [9.17, 15) is 4.79 Å². The van der Waals surface area contributed by atoms with Crippen molar-refractivity contribution in [3.05, 3.63) is 71.0 Å². The molecule has 1 amide bonds. The Labute approximate surface area is 194 Å². The van der Waals surface area contributed by atoms with Gasteiger partial charge in [-0.2, -0.15) is 5.10 Å². The predicted molar refractivity (Wildman–Crippen MR) is 133 cm³/mol. The first-order valence-electron chi connectivity index (χ1n) is 11.8. The Morgan fingerprint density at radius 2 is 1.76 bits per heavy atom. The lowest BCUT2D eigenvalue weighted by atomic mass is 10.1. The Hall–Kier alpha value is -3.41. The molecule has 0 bridgehead atoms. The first kappa shape index (κ1) is 21.4. The molecule has 3 heterocycles. The minimum Gasteiger partial charge on any atom is -0.371 e. The third-order valence-corrected chi connectivity index (χ3v) is 6.88. The number of aryl methyl sites for hydroxylation is 2. The van der Waals surface area contributed by atoms with Crippen molar-refractivity contribution in [3.8, 4) is 0 Å². The summed E-state index contributed by atoms with van der Waals surface area (Å²) in [5.74, 6) is 0.149. The Bertz CT molecular complexity index is 1320. The number of carbonyl (C=O) groups is 1. The van der Waals surface area contributed by atoms with Gasteiger partial charge in [0.05, 0.1) is 5.52 Å². The average molecular weight is 442 g/mol. The van der Waals surface area contributed by atoms with Gasteiger partial charge in [-0.1, -0.05) is 30.3 Å². The van der Waals surface area contributed by atoms with Gasteiger partial charge in [0, 0.05) is 55.6 Å². The molecule has 4 aromatic rings. The van der Waals surface area contributed by atoms with Gasteiger partial charge in [-0.15, -0.1) is 0 Å². The van der Waals surface area contributed by atoms with E-state index in [-0.39, 0.29) is 5.91 Å². The fourth-order valence-corrected chi connectivity index (χ4v) is 5.02. The number of para-hydroxylation sites is 1. The summed E-state index contributed by atoms with van der Waals surface area (Å²) in [6, 6.07) is 16.6. The molecule has 0 radical (unpaired) electrons. The number of anilines is 1. The molecular formula is C27H31N5O. The third kappa shape index (κ3) is 4.06. The average Bonchev–Trinajstić information content (AvgIpc) is 3.48. The minimum atomic E-state index is 0.149. The number of fused-ring (bicyclic) bond motifs is 3. The van der Waals surface area contributed by atoms with E-state index < -0.39 is 0 Å². The molecule has 1 aliphatic heterocycles. The van der Waals surface area contributed by atoms with Crippen LogP contribution < -0.4 is 4.90 Å². The molecule has 0 atom stereocenters. The molecule has 1 saturated heterocycles. The van der Waals surface area contributed by atoms with Crippen LogP contribution in [0.5, 0.6) is 0 Å². The zero-order chi connectivity index (χ0) is 22.9. The Kier molecular flexibility index (Phi) is 5.75. The number of hydrogen-bond donors (Lipinski definition) is 0. The number of aromatic nitrogens is 3. The van der Waals surface area contributed by atoms with Crippen LogP contribution in [0.4, 0.5) is 5.69 Å². The molecule has 2 aromatic carbocycles. The molecule has 0 N–H and O–H groups in total. The van der Waals surface area contributed by atoms with Crippen LogP contribution in [0.3, 0.4) is 0 Å². The monoisotopic (exact) mass is 441 g/mol. The van der Waals surface area contributed by atoms with Crippen molar-refractivity contribution in [2.24, 2.45) is 0 Å². The highest BCUT2D eigenvalue weighted by Gasteiger charge is 2.19. The molecule has 33 heavy (non-hydrogen) atoms. The maximum Gasteiger partial charge on any atom is 0.222 e. The van der Waals surface area contributed by atoms with Gasteiger partial charge in [-0.05, 0) is 62.4 Å². The van der Waals surface area contributed by atoms with Gasteiger partial charge in [0.25, 0.3) is 0 Å². The lowest BCUT2D eigenvalue weighted by molar-refractivity contribution is -0.130. The smallest absolute Gasteiger partial charge is 0.222 e. The van der Waals surface area contributed by atoms with Crippen molar-refractivity contribution >= 4 is 28.1 Å². The standard InChI is InChI=1S/C27H31N5O/c1-19-22(20(2)32-27(28-19)23-11-5-6-12-24(23)29-32)14-15-26(33)30(3)18-21-10-4-7-13-25(21)31-16-8-9-17-31/h4-7,10-13H,8-9,14-18H2,1-3H3. The third-order valence-electron chi connectivity index (χ3n) is 6.88. The van der Waals surface area contributed by atoms with Crippen LogP contribution in [-0.4, -0.2) is 45.5 Å². The van der Waals surface area contributed by atoms with Crippen molar-refractivity contribution in [2.75, 3.05) is 25.0 Å².